The Morgan fingerprint density at radius 3 is 1.91 bits per heavy atom. The predicted molar refractivity (Wildman–Crippen MR) is 90.0 cm³/mol. The van der Waals surface area contributed by atoms with Crippen molar-refractivity contribution in [2.75, 3.05) is 6.61 Å². The molecule has 0 aliphatic heterocycles. The molecule has 0 aliphatic rings. The van der Waals surface area contributed by atoms with Gasteiger partial charge in [0.2, 0.25) is 5.91 Å². The van der Waals surface area contributed by atoms with Crippen LogP contribution in [-0.4, -0.2) is 23.8 Å². The Morgan fingerprint density at radius 1 is 1.00 bits per heavy atom. The molecule has 0 aromatic heterocycles. The zero-order chi connectivity index (χ0) is 17.8. The number of carbonyl (C=O) groups excluding carboxylic acids is 1. The number of nitrogens with one attached hydrogen (secondary N) is 1. The third-order valence-corrected chi connectivity index (χ3v) is 3.19. The van der Waals surface area contributed by atoms with E-state index < -0.39 is 16.7 Å². The van der Waals surface area contributed by atoms with Gasteiger partial charge in [0.15, 0.2) is 0 Å². The first kappa shape index (κ1) is 21.4. The number of amides is 1. The van der Waals surface area contributed by atoms with E-state index in [0.29, 0.717) is 13.0 Å². The second-order valence-electron chi connectivity index (χ2n) is 9.12. The van der Waals surface area contributed by atoms with Gasteiger partial charge in [0.1, 0.15) is 5.72 Å². The van der Waals surface area contributed by atoms with Gasteiger partial charge in [0.25, 0.3) is 0 Å². The fraction of sp³-hybridized carbons (Fsp3) is 0.941. The van der Waals surface area contributed by atoms with E-state index >= 15 is 0 Å². The molecule has 0 saturated carbocycles. The molecule has 132 valence electrons. The van der Waals surface area contributed by atoms with Crippen molar-refractivity contribution in [1.29, 1.82) is 0 Å². The van der Waals surface area contributed by atoms with E-state index in [-0.39, 0.29) is 11.3 Å². The molecule has 0 aromatic rings. The molecule has 0 spiro atoms. The van der Waals surface area contributed by atoms with E-state index in [9.17, 15) is 4.79 Å². The van der Waals surface area contributed by atoms with Crippen LogP contribution in [0.25, 0.3) is 0 Å². The van der Waals surface area contributed by atoms with Crippen molar-refractivity contribution in [1.82, 2.24) is 5.48 Å². The summed E-state index contributed by atoms with van der Waals surface area (Å²) < 4.78 is 5.49. The number of hydrogen-bond acceptors (Lipinski definition) is 4. The SMILES string of the molecule is CC(C)(C)CC(C)(C)C(=O)NOC(C)(C)CCOC(C)(C)N. The average molecular weight is 316 g/mol. The van der Waals surface area contributed by atoms with Crippen LogP contribution in [0.3, 0.4) is 0 Å². The summed E-state index contributed by atoms with van der Waals surface area (Å²) in [5.41, 5.74) is 6.80. The van der Waals surface area contributed by atoms with Gasteiger partial charge in [-0.05, 0) is 39.5 Å². The standard InChI is InChI=1S/C17H36N2O3/c1-14(2,3)12-15(4,5)13(20)19-22-16(6,7)10-11-21-17(8,9)18/h10-12,18H2,1-9H3,(H,19,20). The molecule has 22 heavy (non-hydrogen) atoms. The first-order chi connectivity index (χ1) is 9.54. The quantitative estimate of drug-likeness (QED) is 0.532. The van der Waals surface area contributed by atoms with Crippen LogP contribution in [0, 0.1) is 10.8 Å². The van der Waals surface area contributed by atoms with Gasteiger partial charge in [-0.15, -0.1) is 0 Å². The van der Waals surface area contributed by atoms with Gasteiger partial charge in [-0.1, -0.05) is 34.6 Å². The largest absolute Gasteiger partial charge is 0.361 e. The highest BCUT2D eigenvalue weighted by Crippen LogP contribution is 2.33. The van der Waals surface area contributed by atoms with Crippen LogP contribution in [0.15, 0.2) is 0 Å². The van der Waals surface area contributed by atoms with Crippen molar-refractivity contribution >= 4 is 5.91 Å². The number of ether oxygens (including phenoxy) is 1. The molecule has 5 heteroatoms. The van der Waals surface area contributed by atoms with Gasteiger partial charge in [0, 0.05) is 11.8 Å². The molecule has 1 amide bonds. The van der Waals surface area contributed by atoms with Crippen molar-refractivity contribution < 1.29 is 14.4 Å². The van der Waals surface area contributed by atoms with Crippen LogP contribution < -0.4 is 11.2 Å². The van der Waals surface area contributed by atoms with Gasteiger partial charge < -0.3 is 10.5 Å². The minimum atomic E-state index is -0.659. The third kappa shape index (κ3) is 10.1. The Balaban J connectivity index is 4.37. The van der Waals surface area contributed by atoms with Crippen LogP contribution in [0.1, 0.15) is 75.2 Å². The van der Waals surface area contributed by atoms with Crippen molar-refractivity contribution in [2.24, 2.45) is 16.6 Å². The summed E-state index contributed by atoms with van der Waals surface area (Å²) >= 11 is 0. The Morgan fingerprint density at radius 2 is 1.50 bits per heavy atom. The molecule has 0 bridgehead atoms. The Labute approximate surface area is 136 Å². The molecule has 0 fully saturated rings. The molecule has 3 N–H and O–H groups in total. The summed E-state index contributed by atoms with van der Waals surface area (Å²) in [6.07, 6.45) is 1.41. The third-order valence-electron chi connectivity index (χ3n) is 3.19. The average Bonchev–Trinajstić information content (AvgIpc) is 2.20. The van der Waals surface area contributed by atoms with Gasteiger partial charge in [-0.25, -0.2) is 5.48 Å². The molecule has 0 saturated heterocycles. The highest BCUT2D eigenvalue weighted by molar-refractivity contribution is 5.80. The summed E-state index contributed by atoms with van der Waals surface area (Å²) in [5.74, 6) is -0.101. The molecule has 0 rings (SSSR count). The van der Waals surface area contributed by atoms with Crippen molar-refractivity contribution in [3.63, 3.8) is 0 Å². The number of hydroxylamine groups is 1. The molecule has 0 aliphatic carbocycles. The number of carbonyl (C=O) groups is 1. The zero-order valence-corrected chi connectivity index (χ0v) is 15.9. The van der Waals surface area contributed by atoms with Gasteiger partial charge in [0.05, 0.1) is 12.2 Å². The van der Waals surface area contributed by atoms with Gasteiger partial charge >= 0.3 is 0 Å². The smallest absolute Gasteiger partial charge is 0.249 e. The molecule has 0 heterocycles. The summed E-state index contributed by atoms with van der Waals surface area (Å²) in [4.78, 5) is 17.9. The molecule has 0 aromatic carbocycles. The Bertz CT molecular complexity index is 363. The lowest BCUT2D eigenvalue weighted by Crippen LogP contribution is -2.44. The van der Waals surface area contributed by atoms with Crippen LogP contribution in [0.4, 0.5) is 0 Å². The lowest BCUT2D eigenvalue weighted by Gasteiger charge is -2.33. The maximum absolute atomic E-state index is 12.3. The topological polar surface area (TPSA) is 73.6 Å². The first-order valence-corrected chi connectivity index (χ1v) is 7.95. The van der Waals surface area contributed by atoms with E-state index in [4.69, 9.17) is 15.3 Å². The van der Waals surface area contributed by atoms with E-state index in [1.807, 2.05) is 27.7 Å². The first-order valence-electron chi connectivity index (χ1n) is 7.95. The lowest BCUT2D eigenvalue weighted by molar-refractivity contribution is -0.161. The fourth-order valence-corrected chi connectivity index (χ4v) is 2.34. The van der Waals surface area contributed by atoms with E-state index in [2.05, 4.69) is 26.3 Å². The summed E-state index contributed by atoms with van der Waals surface area (Å²) in [7, 11) is 0. The monoisotopic (exact) mass is 316 g/mol. The highest BCUT2D eigenvalue weighted by Gasteiger charge is 2.34. The van der Waals surface area contributed by atoms with Gasteiger partial charge in [-0.3, -0.25) is 9.63 Å². The van der Waals surface area contributed by atoms with Gasteiger partial charge in [-0.2, -0.15) is 0 Å². The molecule has 0 radical (unpaired) electrons. The second-order valence-corrected chi connectivity index (χ2v) is 9.12. The van der Waals surface area contributed by atoms with Crippen LogP contribution in [0.2, 0.25) is 0 Å². The highest BCUT2D eigenvalue weighted by atomic mass is 16.7. The summed E-state index contributed by atoms with van der Waals surface area (Å²) in [6, 6.07) is 0. The predicted octanol–water partition coefficient (Wildman–Crippen LogP) is 3.38. The van der Waals surface area contributed by atoms with Crippen molar-refractivity contribution in [3.05, 3.63) is 0 Å². The minimum absolute atomic E-state index is 0.0803. The number of hydrogen-bond donors (Lipinski definition) is 2. The number of nitrogens with two attached hydrogens (primary N) is 1. The maximum atomic E-state index is 12.3. The van der Waals surface area contributed by atoms with Crippen LogP contribution >= 0.6 is 0 Å². The molecule has 0 unspecified atom stereocenters. The van der Waals surface area contributed by atoms with E-state index in [1.165, 1.54) is 0 Å². The molecular formula is C17H36N2O3. The van der Waals surface area contributed by atoms with E-state index in [0.717, 1.165) is 6.42 Å². The van der Waals surface area contributed by atoms with Crippen LogP contribution in [0.5, 0.6) is 0 Å². The second kappa shape index (κ2) is 7.28. The molecule has 5 nitrogen and oxygen atoms in total. The Kier molecular flexibility index (Phi) is 7.07. The molecular weight excluding hydrogens is 280 g/mol. The van der Waals surface area contributed by atoms with Crippen molar-refractivity contribution in [3.8, 4) is 0 Å². The fourth-order valence-electron chi connectivity index (χ4n) is 2.34. The van der Waals surface area contributed by atoms with Crippen molar-refractivity contribution in [2.45, 2.75) is 86.5 Å². The minimum Gasteiger partial charge on any atom is -0.361 e. The molecule has 0 atom stereocenters. The van der Waals surface area contributed by atoms with E-state index in [1.54, 1.807) is 13.8 Å². The van der Waals surface area contributed by atoms with Crippen LogP contribution in [-0.2, 0) is 14.4 Å². The maximum Gasteiger partial charge on any atom is 0.249 e. The normalized spacial score (nSPS) is 14.1. The number of rotatable bonds is 8. The lowest BCUT2D eigenvalue weighted by atomic mass is 9.76. The zero-order valence-electron chi connectivity index (χ0n) is 15.9. The summed E-state index contributed by atoms with van der Waals surface area (Å²) in [6.45, 7) is 18.1. The Hall–Kier alpha value is -0.650. The summed E-state index contributed by atoms with van der Waals surface area (Å²) in [5, 5.41) is 0.